The fourth-order valence-corrected chi connectivity index (χ4v) is 3.02. The van der Waals surface area contributed by atoms with E-state index in [2.05, 4.69) is 10.3 Å². The molecule has 1 aliphatic heterocycles. The third kappa shape index (κ3) is 4.66. The van der Waals surface area contributed by atoms with Gasteiger partial charge in [-0.2, -0.15) is 0 Å². The van der Waals surface area contributed by atoms with Gasteiger partial charge < -0.3 is 10.2 Å². The van der Waals surface area contributed by atoms with Gasteiger partial charge in [0.05, 0.1) is 6.42 Å². The minimum absolute atomic E-state index is 0.0453. The number of amides is 2. The monoisotopic (exact) mass is 337 g/mol. The van der Waals surface area contributed by atoms with Crippen LogP contribution in [0.15, 0.2) is 48.7 Å². The maximum Gasteiger partial charge on any atom is 0.251 e. The fourth-order valence-electron chi connectivity index (χ4n) is 3.02. The molecule has 1 fully saturated rings. The summed E-state index contributed by atoms with van der Waals surface area (Å²) in [4.78, 5) is 30.7. The van der Waals surface area contributed by atoms with Gasteiger partial charge >= 0.3 is 0 Å². The Balaban J connectivity index is 1.47. The zero-order chi connectivity index (χ0) is 17.6. The van der Waals surface area contributed by atoms with Gasteiger partial charge in [-0.05, 0) is 43.5 Å². The molecule has 0 bridgehead atoms. The number of rotatable bonds is 4. The highest BCUT2D eigenvalue weighted by Gasteiger charge is 2.24. The van der Waals surface area contributed by atoms with E-state index in [0.717, 1.165) is 24.1 Å². The Morgan fingerprint density at radius 1 is 1.12 bits per heavy atom. The van der Waals surface area contributed by atoms with Gasteiger partial charge in [-0.1, -0.05) is 24.3 Å². The first-order valence-corrected chi connectivity index (χ1v) is 8.67. The molecule has 2 amide bonds. The van der Waals surface area contributed by atoms with Crippen molar-refractivity contribution in [3.05, 3.63) is 65.5 Å². The second-order valence-electron chi connectivity index (χ2n) is 6.48. The summed E-state index contributed by atoms with van der Waals surface area (Å²) in [7, 11) is 0. The van der Waals surface area contributed by atoms with E-state index in [1.54, 1.807) is 6.20 Å². The molecule has 2 heterocycles. The van der Waals surface area contributed by atoms with Gasteiger partial charge in [0.15, 0.2) is 0 Å². The fraction of sp³-hybridized carbons (Fsp3) is 0.350. The van der Waals surface area contributed by atoms with Crippen LogP contribution in [0.1, 0.15) is 34.5 Å². The highest BCUT2D eigenvalue weighted by Crippen LogP contribution is 2.13. The van der Waals surface area contributed by atoms with Crippen LogP contribution in [0.5, 0.6) is 0 Å². The van der Waals surface area contributed by atoms with E-state index in [-0.39, 0.29) is 17.9 Å². The van der Waals surface area contributed by atoms with Crippen molar-refractivity contribution in [1.82, 2.24) is 15.2 Å². The van der Waals surface area contributed by atoms with E-state index >= 15 is 0 Å². The summed E-state index contributed by atoms with van der Waals surface area (Å²) in [6.45, 7) is 3.29. The number of pyridine rings is 1. The van der Waals surface area contributed by atoms with Crippen molar-refractivity contribution in [3.63, 3.8) is 0 Å². The molecule has 1 aliphatic rings. The second-order valence-corrected chi connectivity index (χ2v) is 6.48. The summed E-state index contributed by atoms with van der Waals surface area (Å²) >= 11 is 0. The molecule has 0 atom stereocenters. The molecule has 1 aromatic carbocycles. The molecule has 5 nitrogen and oxygen atoms in total. The van der Waals surface area contributed by atoms with Gasteiger partial charge in [0.1, 0.15) is 0 Å². The van der Waals surface area contributed by atoms with Crippen LogP contribution >= 0.6 is 0 Å². The number of piperidine rings is 1. The van der Waals surface area contributed by atoms with Crippen LogP contribution in [0, 0.1) is 6.92 Å². The van der Waals surface area contributed by atoms with E-state index in [9.17, 15) is 9.59 Å². The van der Waals surface area contributed by atoms with Gasteiger partial charge in [-0.25, -0.2) is 0 Å². The van der Waals surface area contributed by atoms with Crippen molar-refractivity contribution >= 4 is 11.8 Å². The largest absolute Gasteiger partial charge is 0.349 e. The summed E-state index contributed by atoms with van der Waals surface area (Å²) < 4.78 is 0. The predicted molar refractivity (Wildman–Crippen MR) is 96.2 cm³/mol. The third-order valence-corrected chi connectivity index (χ3v) is 4.55. The first kappa shape index (κ1) is 17.1. The summed E-state index contributed by atoms with van der Waals surface area (Å²) in [5.74, 6) is 0.0783. The number of likely N-dealkylation sites (tertiary alicyclic amines) is 1. The summed E-state index contributed by atoms with van der Waals surface area (Å²) in [5.41, 5.74) is 2.56. The number of aryl methyl sites for hydroxylation is 1. The molecule has 0 aliphatic carbocycles. The Labute approximate surface area is 148 Å². The summed E-state index contributed by atoms with van der Waals surface area (Å²) in [6, 6.07) is 13.2. The SMILES string of the molecule is Cc1ccc(CC(=O)N2CCC(NC(=O)c3ccccc3)CC2)cn1. The highest BCUT2D eigenvalue weighted by molar-refractivity contribution is 5.94. The Morgan fingerprint density at radius 2 is 1.84 bits per heavy atom. The molecule has 130 valence electrons. The number of hydrogen-bond acceptors (Lipinski definition) is 3. The summed E-state index contributed by atoms with van der Waals surface area (Å²) in [5, 5.41) is 3.06. The highest BCUT2D eigenvalue weighted by atomic mass is 16.2. The lowest BCUT2D eigenvalue weighted by molar-refractivity contribution is -0.131. The maximum absolute atomic E-state index is 12.4. The Kier molecular flexibility index (Phi) is 5.43. The van der Waals surface area contributed by atoms with E-state index in [4.69, 9.17) is 0 Å². The van der Waals surface area contributed by atoms with Crippen LogP contribution in [0.4, 0.5) is 0 Å². The number of nitrogens with one attached hydrogen (secondary N) is 1. The first-order valence-electron chi connectivity index (χ1n) is 8.67. The quantitative estimate of drug-likeness (QED) is 0.931. The van der Waals surface area contributed by atoms with Crippen molar-refractivity contribution in [2.45, 2.75) is 32.2 Å². The number of aromatic nitrogens is 1. The lowest BCUT2D eigenvalue weighted by Gasteiger charge is -2.32. The van der Waals surface area contributed by atoms with Gasteiger partial charge in [0.25, 0.3) is 5.91 Å². The molecule has 5 heteroatoms. The predicted octanol–water partition coefficient (Wildman–Crippen LogP) is 2.35. The van der Waals surface area contributed by atoms with E-state index in [1.807, 2.05) is 54.3 Å². The van der Waals surface area contributed by atoms with Crippen LogP contribution in [0.3, 0.4) is 0 Å². The molecule has 25 heavy (non-hydrogen) atoms. The lowest BCUT2D eigenvalue weighted by Crippen LogP contribution is -2.47. The van der Waals surface area contributed by atoms with E-state index < -0.39 is 0 Å². The number of nitrogens with zero attached hydrogens (tertiary/aromatic N) is 2. The van der Waals surface area contributed by atoms with Crippen LogP contribution in [-0.4, -0.2) is 40.8 Å². The number of benzene rings is 1. The van der Waals surface area contributed by atoms with Crippen molar-refractivity contribution in [1.29, 1.82) is 0 Å². The van der Waals surface area contributed by atoms with Gasteiger partial charge in [-0.15, -0.1) is 0 Å². The van der Waals surface area contributed by atoms with Crippen molar-refractivity contribution in [2.75, 3.05) is 13.1 Å². The molecule has 0 saturated carbocycles. The normalized spacial score (nSPS) is 15.0. The minimum Gasteiger partial charge on any atom is -0.349 e. The second kappa shape index (κ2) is 7.92. The zero-order valence-electron chi connectivity index (χ0n) is 14.4. The Hall–Kier alpha value is -2.69. The van der Waals surface area contributed by atoms with Crippen molar-refractivity contribution < 1.29 is 9.59 Å². The van der Waals surface area contributed by atoms with Crippen LogP contribution < -0.4 is 5.32 Å². The molecule has 0 spiro atoms. The van der Waals surface area contributed by atoms with Gasteiger partial charge in [0.2, 0.25) is 5.91 Å². The van der Waals surface area contributed by atoms with Crippen molar-refractivity contribution in [2.24, 2.45) is 0 Å². The molecular weight excluding hydrogens is 314 g/mol. The number of hydrogen-bond donors (Lipinski definition) is 1. The molecule has 3 rings (SSSR count). The summed E-state index contributed by atoms with van der Waals surface area (Å²) in [6.07, 6.45) is 3.72. The Bertz CT molecular complexity index is 720. The first-order chi connectivity index (χ1) is 12.1. The standard InChI is InChI=1S/C20H23N3O2/c1-15-7-8-16(14-21-15)13-19(24)23-11-9-18(10-12-23)22-20(25)17-5-3-2-4-6-17/h2-8,14,18H,9-13H2,1H3,(H,22,25). The zero-order valence-corrected chi connectivity index (χ0v) is 14.4. The average molecular weight is 337 g/mol. The number of carbonyl (C=O) groups excluding carboxylic acids is 2. The minimum atomic E-state index is -0.0453. The van der Waals surface area contributed by atoms with E-state index in [1.165, 1.54) is 0 Å². The van der Waals surface area contributed by atoms with Crippen LogP contribution in [-0.2, 0) is 11.2 Å². The van der Waals surface area contributed by atoms with Crippen molar-refractivity contribution in [3.8, 4) is 0 Å². The molecular formula is C20H23N3O2. The van der Waals surface area contributed by atoms with Gasteiger partial charge in [-0.3, -0.25) is 14.6 Å². The molecule has 1 N–H and O–H groups in total. The molecule has 2 aromatic rings. The smallest absolute Gasteiger partial charge is 0.251 e. The van der Waals surface area contributed by atoms with Crippen LogP contribution in [0.2, 0.25) is 0 Å². The maximum atomic E-state index is 12.4. The number of carbonyl (C=O) groups is 2. The van der Waals surface area contributed by atoms with E-state index in [0.29, 0.717) is 25.1 Å². The molecule has 1 aromatic heterocycles. The lowest BCUT2D eigenvalue weighted by atomic mass is 10.0. The third-order valence-electron chi connectivity index (χ3n) is 4.55. The van der Waals surface area contributed by atoms with Gasteiger partial charge in [0, 0.05) is 36.6 Å². The molecule has 1 saturated heterocycles. The Morgan fingerprint density at radius 3 is 2.48 bits per heavy atom. The average Bonchev–Trinajstić information content (AvgIpc) is 2.65. The molecule has 0 unspecified atom stereocenters. The molecule has 0 radical (unpaired) electrons. The van der Waals surface area contributed by atoms with Crippen LogP contribution in [0.25, 0.3) is 0 Å². The topological polar surface area (TPSA) is 62.3 Å².